The van der Waals surface area contributed by atoms with Gasteiger partial charge in [-0.2, -0.15) is 4.31 Å². The molecule has 1 aliphatic heterocycles. The van der Waals surface area contributed by atoms with Crippen molar-refractivity contribution in [2.75, 3.05) is 25.7 Å². The number of amides is 2. The number of ether oxygens (including phenoxy) is 2. The van der Waals surface area contributed by atoms with E-state index in [0.717, 1.165) is 12.8 Å². The van der Waals surface area contributed by atoms with Gasteiger partial charge in [0, 0.05) is 22.8 Å². The van der Waals surface area contributed by atoms with E-state index in [2.05, 4.69) is 22.6 Å². The van der Waals surface area contributed by atoms with Crippen LogP contribution in [0.1, 0.15) is 6.42 Å². The molecule has 1 aliphatic rings. The number of hydrogen-bond acceptors (Lipinski definition) is 6. The first kappa shape index (κ1) is 24.1. The Morgan fingerprint density at radius 3 is 2.23 bits per heavy atom. The van der Waals surface area contributed by atoms with Crippen molar-refractivity contribution in [1.82, 2.24) is 4.31 Å². The molecule has 0 N–H and O–H groups in total. The molecule has 2 aromatic rings. The summed E-state index contributed by atoms with van der Waals surface area (Å²) in [6.45, 7) is -0.276. The van der Waals surface area contributed by atoms with Gasteiger partial charge in [-0.1, -0.05) is 11.6 Å². The highest BCUT2D eigenvalue weighted by molar-refractivity contribution is 14.1. The summed E-state index contributed by atoms with van der Waals surface area (Å²) in [5, 5.41) is 0.370. The largest absolute Gasteiger partial charge is 0.354 e. The lowest BCUT2D eigenvalue weighted by Gasteiger charge is -2.29. The Labute approximate surface area is 199 Å². The molecule has 0 saturated carbocycles. The molecule has 31 heavy (non-hydrogen) atoms. The van der Waals surface area contributed by atoms with E-state index in [1.54, 1.807) is 24.3 Å². The van der Waals surface area contributed by atoms with E-state index in [1.165, 1.54) is 38.5 Å². The zero-order valence-corrected chi connectivity index (χ0v) is 20.4. The van der Waals surface area contributed by atoms with E-state index >= 15 is 0 Å². The molecule has 2 amide bonds. The Morgan fingerprint density at radius 2 is 1.68 bits per heavy atom. The molecule has 1 unspecified atom stereocenters. The summed E-state index contributed by atoms with van der Waals surface area (Å²) in [7, 11) is -1.45. The van der Waals surface area contributed by atoms with Crippen molar-refractivity contribution in [2.45, 2.75) is 23.6 Å². The van der Waals surface area contributed by atoms with Crippen molar-refractivity contribution < 1.29 is 27.5 Å². The Kier molecular flexibility index (Phi) is 7.71. The van der Waals surface area contributed by atoms with Gasteiger partial charge in [0.2, 0.25) is 15.9 Å². The van der Waals surface area contributed by atoms with Crippen LogP contribution in [0.15, 0.2) is 53.4 Å². The SMILES string of the molecule is COC(CN(C1CC(=O)N(c2ccc(I)cc2)C1=O)S(=O)(=O)c1ccc(Cl)cc1)OC. The lowest BCUT2D eigenvalue weighted by molar-refractivity contribution is -0.125. The second kappa shape index (κ2) is 9.92. The molecule has 0 spiro atoms. The van der Waals surface area contributed by atoms with Crippen LogP contribution in [0.25, 0.3) is 0 Å². The van der Waals surface area contributed by atoms with Crippen LogP contribution in [-0.4, -0.2) is 57.6 Å². The maximum atomic E-state index is 13.4. The van der Waals surface area contributed by atoms with Crippen LogP contribution in [0, 0.1) is 3.57 Å². The molecule has 1 atom stereocenters. The second-order valence-corrected chi connectivity index (χ2v) is 10.3. The van der Waals surface area contributed by atoms with E-state index in [1.807, 2.05) is 0 Å². The maximum Gasteiger partial charge on any atom is 0.252 e. The lowest BCUT2D eigenvalue weighted by atomic mass is 10.2. The summed E-state index contributed by atoms with van der Waals surface area (Å²) >= 11 is 8.00. The highest BCUT2D eigenvalue weighted by Crippen LogP contribution is 2.30. The monoisotopic (exact) mass is 578 g/mol. The van der Waals surface area contributed by atoms with E-state index in [9.17, 15) is 18.0 Å². The van der Waals surface area contributed by atoms with E-state index in [0.29, 0.717) is 10.7 Å². The van der Waals surface area contributed by atoms with Gasteiger partial charge in [0.25, 0.3) is 5.91 Å². The minimum absolute atomic E-state index is 0.0594. The summed E-state index contributed by atoms with van der Waals surface area (Å²) in [6, 6.07) is 11.1. The Morgan fingerprint density at radius 1 is 1.10 bits per heavy atom. The number of carbonyl (C=O) groups is 2. The average Bonchev–Trinajstić information content (AvgIpc) is 3.03. The molecule has 1 fully saturated rings. The average molecular weight is 579 g/mol. The molecule has 11 heteroatoms. The Balaban J connectivity index is 2.01. The zero-order chi connectivity index (χ0) is 22.8. The van der Waals surface area contributed by atoms with Gasteiger partial charge >= 0.3 is 0 Å². The van der Waals surface area contributed by atoms with Crippen LogP contribution < -0.4 is 4.90 Å². The van der Waals surface area contributed by atoms with Gasteiger partial charge in [-0.05, 0) is 71.1 Å². The molecule has 1 heterocycles. The molecule has 0 radical (unpaired) electrons. The van der Waals surface area contributed by atoms with Gasteiger partial charge in [-0.3, -0.25) is 9.59 Å². The van der Waals surface area contributed by atoms with Crippen LogP contribution in [0.5, 0.6) is 0 Å². The zero-order valence-electron chi connectivity index (χ0n) is 16.7. The molecule has 2 aromatic carbocycles. The molecule has 0 bridgehead atoms. The molecular weight excluding hydrogens is 559 g/mol. The molecule has 0 aromatic heterocycles. The predicted molar refractivity (Wildman–Crippen MR) is 123 cm³/mol. The van der Waals surface area contributed by atoms with Crippen molar-refractivity contribution in [1.29, 1.82) is 0 Å². The number of sulfonamides is 1. The number of imide groups is 1. The first-order valence-corrected chi connectivity index (χ1v) is 12.0. The number of rotatable bonds is 8. The van der Waals surface area contributed by atoms with Crippen molar-refractivity contribution in [3.63, 3.8) is 0 Å². The van der Waals surface area contributed by atoms with Crippen molar-refractivity contribution in [3.8, 4) is 0 Å². The highest BCUT2D eigenvalue weighted by Gasteiger charge is 2.47. The fourth-order valence-electron chi connectivity index (χ4n) is 3.23. The van der Waals surface area contributed by atoms with Gasteiger partial charge in [0.15, 0.2) is 6.29 Å². The predicted octanol–water partition coefficient (Wildman–Crippen LogP) is 2.89. The number of nitrogens with zero attached hydrogens (tertiary/aromatic N) is 2. The van der Waals surface area contributed by atoms with E-state index in [-0.39, 0.29) is 17.9 Å². The summed E-state index contributed by atoms with van der Waals surface area (Å²) in [6.07, 6.45) is -1.23. The van der Waals surface area contributed by atoms with Gasteiger partial charge in [-0.25, -0.2) is 13.3 Å². The number of halogens is 2. The van der Waals surface area contributed by atoms with Crippen LogP contribution >= 0.6 is 34.2 Å². The topological polar surface area (TPSA) is 93.2 Å². The van der Waals surface area contributed by atoms with Crippen LogP contribution in [-0.2, 0) is 29.1 Å². The highest BCUT2D eigenvalue weighted by atomic mass is 127. The standard InChI is InChI=1S/C20H20ClIN2O6S/c1-29-19(30-2)12-23(31(27,28)16-9-3-13(21)4-10-16)17-11-18(25)24(20(17)26)15-7-5-14(22)6-8-15/h3-10,17,19H,11-12H2,1-2H3. The molecule has 1 saturated heterocycles. The third-order valence-corrected chi connectivity index (χ3v) is 7.69. The quantitative estimate of drug-likeness (QED) is 0.272. The van der Waals surface area contributed by atoms with Crippen molar-refractivity contribution >= 4 is 61.7 Å². The van der Waals surface area contributed by atoms with Crippen LogP contribution in [0.2, 0.25) is 5.02 Å². The molecule has 166 valence electrons. The Bertz CT molecular complexity index is 1060. The fraction of sp³-hybridized carbons (Fsp3) is 0.300. The normalized spacial score (nSPS) is 17.2. The van der Waals surface area contributed by atoms with Crippen molar-refractivity contribution in [3.05, 3.63) is 57.1 Å². The number of hydrogen-bond donors (Lipinski definition) is 0. The van der Waals surface area contributed by atoms with Gasteiger partial charge in [0.1, 0.15) is 6.04 Å². The molecule has 0 aliphatic carbocycles. The smallest absolute Gasteiger partial charge is 0.252 e. The van der Waals surface area contributed by atoms with Crippen LogP contribution in [0.4, 0.5) is 5.69 Å². The Hall–Kier alpha value is -1.57. The summed E-state index contributed by atoms with van der Waals surface area (Å²) in [4.78, 5) is 26.9. The third kappa shape index (κ3) is 5.10. The first-order chi connectivity index (χ1) is 14.7. The number of methoxy groups -OCH3 is 2. The molecule has 3 rings (SSSR count). The van der Waals surface area contributed by atoms with Gasteiger partial charge < -0.3 is 9.47 Å². The molecular formula is C20H20ClIN2O6S. The van der Waals surface area contributed by atoms with E-state index < -0.39 is 34.2 Å². The molecule has 8 nitrogen and oxygen atoms in total. The van der Waals surface area contributed by atoms with E-state index in [4.69, 9.17) is 21.1 Å². The maximum absolute atomic E-state index is 13.4. The fourth-order valence-corrected chi connectivity index (χ4v) is 5.28. The van der Waals surface area contributed by atoms with Gasteiger partial charge in [0.05, 0.1) is 23.5 Å². The summed E-state index contributed by atoms with van der Waals surface area (Å²) < 4.78 is 39.1. The van der Waals surface area contributed by atoms with Crippen LogP contribution in [0.3, 0.4) is 0 Å². The summed E-state index contributed by atoms with van der Waals surface area (Å²) in [5.41, 5.74) is 0.386. The summed E-state index contributed by atoms with van der Waals surface area (Å²) in [5.74, 6) is -1.12. The first-order valence-electron chi connectivity index (χ1n) is 9.14. The number of benzene rings is 2. The number of anilines is 1. The minimum Gasteiger partial charge on any atom is -0.354 e. The second-order valence-electron chi connectivity index (χ2n) is 6.69. The van der Waals surface area contributed by atoms with Crippen molar-refractivity contribution in [2.24, 2.45) is 0 Å². The van der Waals surface area contributed by atoms with Gasteiger partial charge in [-0.15, -0.1) is 0 Å². The minimum atomic E-state index is -4.17. The number of carbonyl (C=O) groups excluding carboxylic acids is 2. The lowest BCUT2D eigenvalue weighted by Crippen LogP contribution is -2.49. The third-order valence-electron chi connectivity index (χ3n) is 4.83.